The molecule has 3 rings (SSSR count). The number of rotatable bonds is 2. The SMILES string of the molecule is COC(=O)C1=NC=C(F)C(N)(N)C1(Cl)c1ccc2ccn(C(C)=O)c2c1F. The van der Waals surface area contributed by atoms with Gasteiger partial charge in [-0.15, -0.1) is 11.6 Å². The lowest BCUT2D eigenvalue weighted by Crippen LogP contribution is -2.68. The fraction of sp³-hybridized carbons (Fsp3) is 0.235. The Balaban J connectivity index is 2.38. The van der Waals surface area contributed by atoms with Gasteiger partial charge in [-0.1, -0.05) is 12.1 Å². The minimum absolute atomic E-state index is 0.116. The number of nitrogens with two attached hydrogens (primary N) is 2. The van der Waals surface area contributed by atoms with Crippen LogP contribution in [0.25, 0.3) is 10.9 Å². The first kappa shape index (κ1) is 19.2. The first-order valence-corrected chi connectivity index (χ1v) is 8.05. The molecule has 4 N–H and O–H groups in total. The molecule has 0 aliphatic carbocycles. The third-order valence-electron chi connectivity index (χ3n) is 4.48. The number of aliphatic imine (C=N–C) groups is 1. The number of carbonyl (C=O) groups is 2. The van der Waals surface area contributed by atoms with Crippen LogP contribution in [0.3, 0.4) is 0 Å². The molecule has 1 unspecified atom stereocenters. The Morgan fingerprint density at radius 3 is 2.52 bits per heavy atom. The Kier molecular flexibility index (Phi) is 4.41. The summed E-state index contributed by atoms with van der Waals surface area (Å²) in [6.45, 7) is 1.24. The number of benzene rings is 1. The third kappa shape index (κ3) is 2.50. The molecule has 27 heavy (non-hydrogen) atoms. The Bertz CT molecular complexity index is 1040. The van der Waals surface area contributed by atoms with Crippen LogP contribution in [0.5, 0.6) is 0 Å². The molecule has 0 amide bonds. The van der Waals surface area contributed by atoms with Gasteiger partial charge in [0, 0.05) is 24.1 Å². The van der Waals surface area contributed by atoms with Gasteiger partial charge in [0.2, 0.25) is 5.91 Å². The van der Waals surface area contributed by atoms with Crippen LogP contribution in [0.2, 0.25) is 0 Å². The molecule has 0 fully saturated rings. The quantitative estimate of drug-likeness (QED) is 0.457. The molecule has 0 radical (unpaired) electrons. The molecule has 0 bridgehead atoms. The zero-order chi connectivity index (χ0) is 20.1. The first-order chi connectivity index (χ1) is 12.6. The van der Waals surface area contributed by atoms with E-state index in [0.29, 0.717) is 11.6 Å². The molecule has 2 aromatic rings. The van der Waals surface area contributed by atoms with Gasteiger partial charge in [-0.2, -0.15) is 0 Å². The summed E-state index contributed by atoms with van der Waals surface area (Å²) in [6, 6.07) is 4.17. The summed E-state index contributed by atoms with van der Waals surface area (Å²) < 4.78 is 35.5. The molecule has 0 saturated carbocycles. The van der Waals surface area contributed by atoms with Gasteiger partial charge >= 0.3 is 5.97 Å². The number of alkyl halides is 1. The van der Waals surface area contributed by atoms with Gasteiger partial charge in [0.25, 0.3) is 0 Å². The standard InChI is InChI=1S/C17H15ClF2N4O3/c1-8(25)24-6-5-9-3-4-10(12(20)13(9)24)16(18)14(15(26)27-2)23-7-11(19)17(16,21)22/h3-7H,21-22H2,1-2H3. The predicted octanol–water partition coefficient (Wildman–Crippen LogP) is 1.93. The van der Waals surface area contributed by atoms with Crippen molar-refractivity contribution in [3.05, 3.63) is 47.8 Å². The van der Waals surface area contributed by atoms with E-state index >= 15 is 4.39 Å². The van der Waals surface area contributed by atoms with Crippen LogP contribution >= 0.6 is 11.6 Å². The minimum Gasteiger partial charge on any atom is -0.464 e. The second-order valence-electron chi connectivity index (χ2n) is 6.04. The highest BCUT2D eigenvalue weighted by Crippen LogP contribution is 2.46. The normalized spacial score (nSPS) is 21.6. The van der Waals surface area contributed by atoms with Gasteiger partial charge in [-0.05, 0) is 6.07 Å². The van der Waals surface area contributed by atoms with Gasteiger partial charge in [0.15, 0.2) is 22.2 Å². The van der Waals surface area contributed by atoms with Gasteiger partial charge in [0.1, 0.15) is 5.66 Å². The molecule has 0 spiro atoms. The molecule has 1 aliphatic heterocycles. The molecule has 10 heteroatoms. The number of hydrogen-bond acceptors (Lipinski definition) is 6. The number of hydrogen-bond donors (Lipinski definition) is 2. The maximum atomic E-state index is 15.4. The van der Waals surface area contributed by atoms with Crippen LogP contribution in [0, 0.1) is 5.82 Å². The van der Waals surface area contributed by atoms with E-state index < -0.39 is 45.3 Å². The van der Waals surface area contributed by atoms with Crippen molar-refractivity contribution in [3.8, 4) is 0 Å². The predicted molar refractivity (Wildman–Crippen MR) is 95.5 cm³/mol. The van der Waals surface area contributed by atoms with Gasteiger partial charge < -0.3 is 16.2 Å². The second-order valence-corrected chi connectivity index (χ2v) is 6.61. The number of esters is 1. The Morgan fingerprint density at radius 1 is 1.26 bits per heavy atom. The average molecular weight is 397 g/mol. The molecule has 1 aliphatic rings. The van der Waals surface area contributed by atoms with E-state index in [-0.39, 0.29) is 5.52 Å². The molecule has 0 saturated heterocycles. The molecule has 1 aromatic carbocycles. The fourth-order valence-electron chi connectivity index (χ4n) is 3.03. The van der Waals surface area contributed by atoms with Gasteiger partial charge in [0.05, 0.1) is 18.8 Å². The van der Waals surface area contributed by atoms with Gasteiger partial charge in [-0.25, -0.2) is 18.6 Å². The van der Waals surface area contributed by atoms with Crippen molar-refractivity contribution >= 4 is 40.1 Å². The van der Waals surface area contributed by atoms with E-state index in [4.69, 9.17) is 23.1 Å². The Labute approximate surface area is 157 Å². The van der Waals surface area contributed by atoms with Crippen LogP contribution in [-0.4, -0.2) is 34.9 Å². The molecular weight excluding hydrogens is 382 g/mol. The maximum absolute atomic E-state index is 15.4. The van der Waals surface area contributed by atoms with Crippen LogP contribution in [-0.2, 0) is 14.4 Å². The number of methoxy groups -OCH3 is 1. The van der Waals surface area contributed by atoms with Crippen molar-refractivity contribution in [2.45, 2.75) is 17.5 Å². The summed E-state index contributed by atoms with van der Waals surface area (Å²) in [5, 5.41) is 0.384. The van der Waals surface area contributed by atoms with E-state index in [1.165, 1.54) is 31.3 Å². The van der Waals surface area contributed by atoms with Gasteiger partial charge in [-0.3, -0.25) is 9.36 Å². The average Bonchev–Trinajstić information content (AvgIpc) is 3.05. The van der Waals surface area contributed by atoms with E-state index in [2.05, 4.69) is 9.73 Å². The van der Waals surface area contributed by atoms with Crippen LogP contribution in [0.4, 0.5) is 8.78 Å². The largest absolute Gasteiger partial charge is 0.464 e. The monoisotopic (exact) mass is 396 g/mol. The smallest absolute Gasteiger partial charge is 0.354 e. The molecule has 7 nitrogen and oxygen atoms in total. The topological polar surface area (TPSA) is 113 Å². The number of nitrogens with zero attached hydrogens (tertiary/aromatic N) is 2. The van der Waals surface area contributed by atoms with Crippen molar-refractivity contribution in [3.63, 3.8) is 0 Å². The summed E-state index contributed by atoms with van der Waals surface area (Å²) in [5.74, 6) is -3.68. The van der Waals surface area contributed by atoms with Crippen molar-refractivity contribution in [2.75, 3.05) is 7.11 Å². The number of carbonyl (C=O) groups excluding carboxylic acids is 2. The molecule has 2 heterocycles. The highest BCUT2D eigenvalue weighted by atomic mass is 35.5. The van der Waals surface area contributed by atoms with E-state index in [1.807, 2.05) is 0 Å². The third-order valence-corrected chi connectivity index (χ3v) is 5.17. The number of aromatic nitrogens is 1. The first-order valence-electron chi connectivity index (χ1n) is 7.67. The maximum Gasteiger partial charge on any atom is 0.354 e. The lowest BCUT2D eigenvalue weighted by molar-refractivity contribution is -0.133. The molecular formula is C17H15ClF2N4O3. The van der Waals surface area contributed by atoms with Crippen molar-refractivity contribution in [2.24, 2.45) is 16.5 Å². The molecule has 1 aromatic heterocycles. The lowest BCUT2D eigenvalue weighted by Gasteiger charge is -2.42. The van der Waals surface area contributed by atoms with Crippen LogP contribution in [0.1, 0.15) is 17.3 Å². The zero-order valence-corrected chi connectivity index (χ0v) is 15.1. The van der Waals surface area contributed by atoms with Crippen molar-refractivity contribution in [1.82, 2.24) is 4.57 Å². The number of fused-ring (bicyclic) bond motifs is 1. The fourth-order valence-corrected chi connectivity index (χ4v) is 3.40. The summed E-state index contributed by atoms with van der Waals surface area (Å²) in [6.07, 6.45) is 2.00. The Morgan fingerprint density at radius 2 is 1.93 bits per heavy atom. The van der Waals surface area contributed by atoms with E-state index in [0.717, 1.165) is 11.7 Å². The summed E-state index contributed by atoms with van der Waals surface area (Å²) in [7, 11) is 1.05. The highest BCUT2D eigenvalue weighted by Gasteiger charge is 2.59. The lowest BCUT2D eigenvalue weighted by atomic mass is 9.79. The summed E-state index contributed by atoms with van der Waals surface area (Å²) in [5.41, 5.74) is 8.11. The highest BCUT2D eigenvalue weighted by molar-refractivity contribution is 6.53. The molecule has 142 valence electrons. The second kappa shape index (κ2) is 6.22. The van der Waals surface area contributed by atoms with Crippen molar-refractivity contribution < 1.29 is 23.1 Å². The summed E-state index contributed by atoms with van der Waals surface area (Å²) >= 11 is 6.53. The van der Waals surface area contributed by atoms with Crippen LogP contribution < -0.4 is 11.5 Å². The zero-order valence-electron chi connectivity index (χ0n) is 14.3. The van der Waals surface area contributed by atoms with Crippen molar-refractivity contribution in [1.29, 1.82) is 0 Å². The minimum atomic E-state index is -2.51. The van der Waals surface area contributed by atoms with E-state index in [9.17, 15) is 14.0 Å². The van der Waals surface area contributed by atoms with E-state index in [1.54, 1.807) is 0 Å². The summed E-state index contributed by atoms with van der Waals surface area (Å²) in [4.78, 5) is 25.2. The number of ether oxygens (including phenoxy) is 1. The van der Waals surface area contributed by atoms with Crippen LogP contribution in [0.15, 0.2) is 41.4 Å². The molecule has 1 atom stereocenters. The Hall–Kier alpha value is -2.62. The number of halogens is 3.